The van der Waals surface area contributed by atoms with Gasteiger partial charge in [0.1, 0.15) is 11.4 Å². The Morgan fingerprint density at radius 3 is 2.39 bits per heavy atom. The molecule has 1 aliphatic heterocycles. The number of ether oxygens (including phenoxy) is 1. The highest BCUT2D eigenvalue weighted by Gasteiger charge is 2.50. The molecular weight excluding hydrogens is 433 g/mol. The van der Waals surface area contributed by atoms with Crippen molar-refractivity contribution in [3.63, 3.8) is 0 Å². The van der Waals surface area contributed by atoms with Crippen LogP contribution in [0.15, 0.2) is 36.4 Å². The lowest BCUT2D eigenvalue weighted by Gasteiger charge is -2.48. The van der Waals surface area contributed by atoms with Gasteiger partial charge in [0, 0.05) is 5.54 Å². The van der Waals surface area contributed by atoms with Crippen molar-refractivity contribution in [2.45, 2.75) is 49.9 Å². The lowest BCUT2D eigenvalue weighted by atomic mass is 9.69. The number of alkyl halides is 3. The average molecular weight is 463 g/mol. The molecule has 1 aromatic heterocycles. The molecule has 4 rings (SSSR count). The number of methoxy groups -OCH3 is 1. The largest absolute Gasteiger partial charge is 0.497 e. The highest BCUT2D eigenvalue weighted by molar-refractivity contribution is 5.95. The van der Waals surface area contributed by atoms with Crippen LogP contribution in [-0.2, 0) is 11.7 Å². The van der Waals surface area contributed by atoms with Crippen LogP contribution in [-0.4, -0.2) is 49.2 Å². The molecule has 0 atom stereocenters. The molecule has 2 heterocycles. The summed E-state index contributed by atoms with van der Waals surface area (Å²) in [5.74, 6) is 0.805. The first-order valence-electron chi connectivity index (χ1n) is 11.0. The molecule has 9 heteroatoms. The molecule has 178 valence electrons. The molecule has 33 heavy (non-hydrogen) atoms. The van der Waals surface area contributed by atoms with E-state index in [1.54, 1.807) is 7.11 Å². The number of carbonyl (C=O) groups is 1. The fraction of sp³-hybridized carbons (Fsp3) is 0.500. The molecule has 2 aliphatic rings. The molecule has 1 spiro atoms. The Morgan fingerprint density at radius 2 is 1.82 bits per heavy atom. The second-order valence-corrected chi connectivity index (χ2v) is 9.25. The van der Waals surface area contributed by atoms with E-state index in [1.165, 1.54) is 23.5 Å². The van der Waals surface area contributed by atoms with Gasteiger partial charge in [-0.2, -0.15) is 13.2 Å². The van der Waals surface area contributed by atoms with Crippen molar-refractivity contribution in [3.8, 4) is 5.75 Å². The van der Waals surface area contributed by atoms with Crippen molar-refractivity contribution in [1.29, 1.82) is 0 Å². The molecule has 1 aliphatic carbocycles. The molecule has 0 radical (unpaired) electrons. The lowest BCUT2D eigenvalue weighted by molar-refractivity contribution is -0.141. The van der Waals surface area contributed by atoms with Gasteiger partial charge in [-0.15, -0.1) is 0 Å². The molecule has 6 nitrogen and oxygen atoms in total. The van der Waals surface area contributed by atoms with Crippen molar-refractivity contribution in [3.05, 3.63) is 53.3 Å². The summed E-state index contributed by atoms with van der Waals surface area (Å²) in [6.45, 7) is 1.91. The predicted molar refractivity (Wildman–Crippen MR) is 119 cm³/mol. The number of aromatic nitrogens is 1. The van der Waals surface area contributed by atoms with Crippen molar-refractivity contribution < 1.29 is 22.7 Å². The smallest absolute Gasteiger partial charge is 0.433 e. The Balaban J connectivity index is 1.56. The summed E-state index contributed by atoms with van der Waals surface area (Å²) in [7, 11) is 5.78. The molecule has 2 fully saturated rings. The van der Waals surface area contributed by atoms with E-state index in [0.29, 0.717) is 12.2 Å². The van der Waals surface area contributed by atoms with Crippen LogP contribution in [0.4, 0.5) is 23.7 Å². The number of pyridine rings is 1. The third-order valence-corrected chi connectivity index (χ3v) is 7.21. The zero-order chi connectivity index (χ0) is 24.0. The quantitative estimate of drug-likeness (QED) is 0.715. The van der Waals surface area contributed by atoms with Crippen LogP contribution in [0.25, 0.3) is 0 Å². The number of nitrogens with zero attached hydrogens (tertiary/aromatic N) is 3. The van der Waals surface area contributed by atoms with E-state index in [0.717, 1.165) is 37.5 Å². The zero-order valence-corrected chi connectivity index (χ0v) is 19.3. The van der Waals surface area contributed by atoms with Crippen LogP contribution >= 0.6 is 0 Å². The van der Waals surface area contributed by atoms with Crippen molar-refractivity contribution in [2.24, 2.45) is 0 Å². The van der Waals surface area contributed by atoms with Gasteiger partial charge in [0.15, 0.2) is 0 Å². The third-order valence-electron chi connectivity index (χ3n) is 7.21. The van der Waals surface area contributed by atoms with Crippen LogP contribution in [0.5, 0.6) is 5.75 Å². The Kier molecular flexibility index (Phi) is 5.80. The van der Waals surface area contributed by atoms with Crippen LogP contribution < -0.4 is 15.0 Å². The molecule has 2 amide bonds. The molecule has 1 saturated heterocycles. The third kappa shape index (κ3) is 4.14. The first-order valence-corrected chi connectivity index (χ1v) is 11.0. The van der Waals surface area contributed by atoms with Gasteiger partial charge in [0.05, 0.1) is 30.6 Å². The van der Waals surface area contributed by atoms with Gasteiger partial charge >= 0.3 is 12.2 Å². The average Bonchev–Trinajstić information content (AvgIpc) is 3.09. The van der Waals surface area contributed by atoms with E-state index < -0.39 is 17.4 Å². The summed E-state index contributed by atoms with van der Waals surface area (Å²) in [4.78, 5) is 20.3. The van der Waals surface area contributed by atoms with Gasteiger partial charge in [-0.1, -0.05) is 12.1 Å². The summed E-state index contributed by atoms with van der Waals surface area (Å²) in [6.07, 6.45) is -1.37. The number of urea groups is 1. The maximum atomic E-state index is 13.0. The molecule has 0 bridgehead atoms. The number of aryl methyl sites for hydroxylation is 1. The van der Waals surface area contributed by atoms with Crippen LogP contribution in [0.2, 0.25) is 0 Å². The zero-order valence-electron chi connectivity index (χ0n) is 19.3. The number of halogens is 3. The summed E-state index contributed by atoms with van der Waals surface area (Å²) in [5.41, 5.74) is 0.200. The SMILES string of the molecule is COc1cccc(C2(N(C)C)CCC3(CC2)CN(c2ccc(C(F)(F)F)nc2C)C(=O)N3)c1. The number of hydrogen-bond acceptors (Lipinski definition) is 4. The number of amides is 2. The molecular formula is C24H29F3N4O2. The van der Waals surface area contributed by atoms with E-state index in [-0.39, 0.29) is 17.3 Å². The fourth-order valence-corrected chi connectivity index (χ4v) is 5.23. The second-order valence-electron chi connectivity index (χ2n) is 9.25. The van der Waals surface area contributed by atoms with Gasteiger partial charge in [-0.3, -0.25) is 9.80 Å². The topological polar surface area (TPSA) is 57.7 Å². The Labute approximate surface area is 191 Å². The monoisotopic (exact) mass is 462 g/mol. The van der Waals surface area contributed by atoms with Gasteiger partial charge in [0.2, 0.25) is 0 Å². The molecule has 1 N–H and O–H groups in total. The Morgan fingerprint density at radius 1 is 1.12 bits per heavy atom. The van der Waals surface area contributed by atoms with E-state index >= 15 is 0 Å². The highest BCUT2D eigenvalue weighted by atomic mass is 19.4. The minimum absolute atomic E-state index is 0.187. The maximum absolute atomic E-state index is 13.0. The lowest BCUT2D eigenvalue weighted by Crippen LogP contribution is -2.54. The van der Waals surface area contributed by atoms with E-state index in [4.69, 9.17) is 4.74 Å². The second kappa shape index (κ2) is 8.20. The number of hydrogen-bond donors (Lipinski definition) is 1. The normalized spacial score (nSPS) is 25.6. The van der Waals surface area contributed by atoms with Gasteiger partial charge in [-0.25, -0.2) is 9.78 Å². The van der Waals surface area contributed by atoms with Gasteiger partial charge < -0.3 is 10.1 Å². The summed E-state index contributed by atoms with van der Waals surface area (Å²) in [5, 5.41) is 3.13. The molecule has 0 unspecified atom stereocenters. The maximum Gasteiger partial charge on any atom is 0.433 e. The van der Waals surface area contributed by atoms with E-state index in [9.17, 15) is 18.0 Å². The van der Waals surface area contributed by atoms with Crippen molar-refractivity contribution in [2.75, 3.05) is 32.6 Å². The highest BCUT2D eigenvalue weighted by Crippen LogP contribution is 2.47. The van der Waals surface area contributed by atoms with E-state index in [1.807, 2.05) is 12.1 Å². The Hall–Kier alpha value is -2.81. The summed E-state index contributed by atoms with van der Waals surface area (Å²) < 4.78 is 44.4. The van der Waals surface area contributed by atoms with Crippen molar-refractivity contribution >= 4 is 11.7 Å². The van der Waals surface area contributed by atoms with Gasteiger partial charge in [-0.05, 0) is 76.5 Å². The number of carbonyl (C=O) groups excluding carboxylic acids is 1. The van der Waals surface area contributed by atoms with Crippen LogP contribution in [0.3, 0.4) is 0 Å². The number of anilines is 1. The predicted octanol–water partition coefficient (Wildman–Crippen LogP) is 4.72. The minimum Gasteiger partial charge on any atom is -0.497 e. The summed E-state index contributed by atoms with van der Waals surface area (Å²) in [6, 6.07) is 10.1. The van der Waals surface area contributed by atoms with Crippen LogP contribution in [0, 0.1) is 6.92 Å². The molecule has 1 aromatic carbocycles. The van der Waals surface area contributed by atoms with Crippen molar-refractivity contribution in [1.82, 2.24) is 15.2 Å². The van der Waals surface area contributed by atoms with Crippen LogP contribution in [0.1, 0.15) is 42.6 Å². The van der Waals surface area contributed by atoms with Gasteiger partial charge in [0.25, 0.3) is 0 Å². The number of nitrogens with one attached hydrogen (secondary N) is 1. The molecule has 1 saturated carbocycles. The number of rotatable bonds is 4. The fourth-order valence-electron chi connectivity index (χ4n) is 5.23. The first kappa shape index (κ1) is 23.4. The number of benzene rings is 1. The molecule has 2 aromatic rings. The Bertz CT molecular complexity index is 1050. The first-order chi connectivity index (χ1) is 15.5. The summed E-state index contributed by atoms with van der Waals surface area (Å²) >= 11 is 0. The van der Waals surface area contributed by atoms with E-state index in [2.05, 4.69) is 41.4 Å². The minimum atomic E-state index is -4.52. The standard InChI is InChI=1S/C24H29F3N4O2/c1-16-19(8-9-20(28-16)24(25,26)27)31-15-22(29-21(31)32)10-12-23(13-11-22,30(2)3)17-6-5-7-18(14-17)33-4/h5-9,14H,10-13,15H2,1-4H3,(H,29,32).